The van der Waals surface area contributed by atoms with Crippen LogP contribution in [-0.2, 0) is 15.7 Å². The summed E-state index contributed by atoms with van der Waals surface area (Å²) in [7, 11) is 0. The molecule has 1 amide bonds. The molecule has 5 nitrogen and oxygen atoms in total. The molecule has 0 saturated carbocycles. The van der Waals surface area contributed by atoms with Crippen molar-refractivity contribution in [2.24, 2.45) is 5.41 Å². The molecule has 0 radical (unpaired) electrons. The van der Waals surface area contributed by atoms with Crippen LogP contribution in [0.5, 0.6) is 0 Å². The monoisotopic (exact) mass is 410 g/mol. The maximum Gasteiger partial charge on any atom is 0.416 e. The van der Waals surface area contributed by atoms with E-state index in [1.807, 2.05) is 0 Å². The molecule has 29 heavy (non-hydrogen) atoms. The Balaban J connectivity index is 1.38. The van der Waals surface area contributed by atoms with E-state index in [2.05, 4.69) is 4.90 Å². The lowest BCUT2D eigenvalue weighted by atomic mass is 9.76. The van der Waals surface area contributed by atoms with Gasteiger partial charge in [-0.2, -0.15) is 13.2 Å². The molecule has 3 aliphatic heterocycles. The van der Waals surface area contributed by atoms with Gasteiger partial charge in [0.2, 0.25) is 0 Å². The Bertz CT molecular complexity index is 782. The van der Waals surface area contributed by atoms with Crippen LogP contribution < -0.4 is 0 Å². The minimum atomic E-state index is -4.49. The van der Waals surface area contributed by atoms with Gasteiger partial charge in [-0.15, -0.1) is 0 Å². The minimum absolute atomic E-state index is 0.0247. The van der Waals surface area contributed by atoms with Gasteiger partial charge in [-0.1, -0.05) is 6.07 Å². The molecule has 3 heterocycles. The van der Waals surface area contributed by atoms with Crippen molar-refractivity contribution < 1.29 is 27.5 Å². The van der Waals surface area contributed by atoms with Gasteiger partial charge in [-0.3, -0.25) is 14.5 Å². The summed E-state index contributed by atoms with van der Waals surface area (Å²) in [5.74, 6) is -0.612. The molecule has 0 aromatic heterocycles. The highest BCUT2D eigenvalue weighted by Crippen LogP contribution is 2.43. The Labute approximate surface area is 167 Å². The van der Waals surface area contributed by atoms with Crippen molar-refractivity contribution in [2.45, 2.75) is 44.4 Å². The first kappa shape index (κ1) is 20.2. The zero-order valence-corrected chi connectivity index (χ0v) is 16.2. The number of benzene rings is 1. The van der Waals surface area contributed by atoms with Crippen molar-refractivity contribution in [1.29, 1.82) is 0 Å². The molecule has 4 rings (SSSR count). The van der Waals surface area contributed by atoms with Crippen molar-refractivity contribution in [3.8, 4) is 0 Å². The molecule has 0 N–H and O–H groups in total. The number of cyclic esters (lactones) is 1. The van der Waals surface area contributed by atoms with Crippen molar-refractivity contribution >= 4 is 11.9 Å². The summed E-state index contributed by atoms with van der Waals surface area (Å²) < 4.78 is 44.4. The van der Waals surface area contributed by atoms with E-state index in [-0.39, 0.29) is 17.6 Å². The predicted molar refractivity (Wildman–Crippen MR) is 99.2 cm³/mol. The quantitative estimate of drug-likeness (QED) is 0.718. The molecule has 0 aliphatic carbocycles. The number of rotatable bonds is 3. The Kier molecular flexibility index (Phi) is 5.31. The third kappa shape index (κ3) is 4.13. The maximum atomic E-state index is 12.9. The number of esters is 1. The zero-order valence-electron chi connectivity index (χ0n) is 16.2. The SMILES string of the molecule is O=C(c1cccc(C(F)(F)F)c1)N1CCC2(CC1)CC(CN1CCCC1)OC2=O. The number of nitrogens with zero attached hydrogens (tertiary/aromatic N) is 2. The lowest BCUT2D eigenvalue weighted by molar-refractivity contribution is -0.151. The first-order valence-corrected chi connectivity index (χ1v) is 10.2. The topological polar surface area (TPSA) is 49.9 Å². The van der Waals surface area contributed by atoms with E-state index < -0.39 is 23.1 Å². The van der Waals surface area contributed by atoms with Crippen LogP contribution in [0.4, 0.5) is 13.2 Å². The molecule has 3 fully saturated rings. The predicted octanol–water partition coefficient (Wildman–Crippen LogP) is 3.34. The van der Waals surface area contributed by atoms with Crippen LogP contribution in [0.1, 0.15) is 48.0 Å². The normalized spacial score (nSPS) is 24.9. The summed E-state index contributed by atoms with van der Waals surface area (Å²) in [4.78, 5) is 29.1. The number of hydrogen-bond donors (Lipinski definition) is 0. The minimum Gasteiger partial charge on any atom is -0.461 e. The van der Waals surface area contributed by atoms with E-state index >= 15 is 0 Å². The first-order chi connectivity index (χ1) is 13.8. The number of hydrogen-bond acceptors (Lipinski definition) is 4. The zero-order chi connectivity index (χ0) is 20.6. The second-order valence-corrected chi connectivity index (χ2v) is 8.39. The Morgan fingerprint density at radius 2 is 1.83 bits per heavy atom. The lowest BCUT2D eigenvalue weighted by Gasteiger charge is -2.36. The molecule has 1 aromatic carbocycles. The summed E-state index contributed by atoms with van der Waals surface area (Å²) >= 11 is 0. The molecular formula is C21H25F3N2O3. The van der Waals surface area contributed by atoms with Crippen LogP contribution in [0.3, 0.4) is 0 Å². The maximum absolute atomic E-state index is 12.9. The van der Waals surface area contributed by atoms with Gasteiger partial charge in [-0.05, 0) is 57.0 Å². The van der Waals surface area contributed by atoms with Crippen molar-refractivity contribution in [3.05, 3.63) is 35.4 Å². The first-order valence-electron chi connectivity index (χ1n) is 10.2. The molecule has 0 bridgehead atoms. The highest BCUT2D eigenvalue weighted by Gasteiger charge is 2.51. The van der Waals surface area contributed by atoms with E-state index in [1.54, 1.807) is 4.90 Å². The Hall–Kier alpha value is -2.09. The number of amides is 1. The van der Waals surface area contributed by atoms with Gasteiger partial charge in [0.15, 0.2) is 0 Å². The average molecular weight is 410 g/mol. The van der Waals surface area contributed by atoms with Crippen LogP contribution in [0.25, 0.3) is 0 Å². The molecule has 1 atom stereocenters. The summed E-state index contributed by atoms with van der Waals surface area (Å²) in [6.07, 6.45) is -0.586. The van der Waals surface area contributed by atoms with Crippen LogP contribution in [0, 0.1) is 5.41 Å². The number of likely N-dealkylation sites (tertiary alicyclic amines) is 2. The summed E-state index contributed by atoms with van der Waals surface area (Å²) in [5, 5.41) is 0. The third-order valence-electron chi connectivity index (χ3n) is 6.43. The summed E-state index contributed by atoms with van der Waals surface area (Å²) in [6.45, 7) is 3.54. The number of ether oxygens (including phenoxy) is 1. The van der Waals surface area contributed by atoms with E-state index in [9.17, 15) is 22.8 Å². The molecule has 3 saturated heterocycles. The third-order valence-corrected chi connectivity index (χ3v) is 6.43. The highest BCUT2D eigenvalue weighted by molar-refractivity contribution is 5.94. The standard InChI is InChI=1S/C21H25F3N2O3/c22-21(23,24)16-5-3-4-15(12-16)18(27)26-10-6-20(7-11-26)13-17(29-19(20)28)14-25-8-1-2-9-25/h3-5,12,17H,1-2,6-11,13-14H2. The van der Waals surface area contributed by atoms with Gasteiger partial charge < -0.3 is 9.64 Å². The summed E-state index contributed by atoms with van der Waals surface area (Å²) in [6, 6.07) is 4.50. The van der Waals surface area contributed by atoms with Crippen LogP contribution >= 0.6 is 0 Å². The highest BCUT2D eigenvalue weighted by atomic mass is 19.4. The van der Waals surface area contributed by atoms with E-state index in [1.165, 1.54) is 25.0 Å². The van der Waals surface area contributed by atoms with E-state index in [0.717, 1.165) is 31.8 Å². The van der Waals surface area contributed by atoms with Gasteiger partial charge in [0.25, 0.3) is 5.91 Å². The molecular weight excluding hydrogens is 385 g/mol. The van der Waals surface area contributed by atoms with Crippen molar-refractivity contribution in [3.63, 3.8) is 0 Å². The molecule has 158 valence electrons. The van der Waals surface area contributed by atoms with E-state index in [4.69, 9.17) is 4.74 Å². The number of halogens is 3. The smallest absolute Gasteiger partial charge is 0.416 e. The van der Waals surface area contributed by atoms with Gasteiger partial charge in [0, 0.05) is 31.6 Å². The van der Waals surface area contributed by atoms with Gasteiger partial charge in [0.05, 0.1) is 11.0 Å². The number of piperidine rings is 1. The van der Waals surface area contributed by atoms with Crippen LogP contribution in [0.2, 0.25) is 0 Å². The Morgan fingerprint density at radius 1 is 1.14 bits per heavy atom. The van der Waals surface area contributed by atoms with Gasteiger partial charge in [-0.25, -0.2) is 0 Å². The molecule has 1 unspecified atom stereocenters. The Morgan fingerprint density at radius 3 is 2.48 bits per heavy atom. The fourth-order valence-corrected chi connectivity index (χ4v) is 4.75. The fraction of sp³-hybridized carbons (Fsp3) is 0.619. The average Bonchev–Trinajstić information content (AvgIpc) is 3.30. The van der Waals surface area contributed by atoms with E-state index in [0.29, 0.717) is 32.4 Å². The van der Waals surface area contributed by atoms with Crippen molar-refractivity contribution in [2.75, 3.05) is 32.7 Å². The van der Waals surface area contributed by atoms with Gasteiger partial charge in [0.1, 0.15) is 6.10 Å². The largest absolute Gasteiger partial charge is 0.461 e. The second kappa shape index (κ2) is 7.63. The fourth-order valence-electron chi connectivity index (χ4n) is 4.75. The number of alkyl halides is 3. The molecule has 1 spiro atoms. The lowest BCUT2D eigenvalue weighted by Crippen LogP contribution is -2.45. The second-order valence-electron chi connectivity index (χ2n) is 8.39. The van der Waals surface area contributed by atoms with Crippen molar-refractivity contribution in [1.82, 2.24) is 9.80 Å². The molecule has 1 aromatic rings. The number of carbonyl (C=O) groups excluding carboxylic acids is 2. The van der Waals surface area contributed by atoms with Crippen LogP contribution in [-0.4, -0.2) is 60.5 Å². The molecule has 3 aliphatic rings. The van der Waals surface area contributed by atoms with Crippen LogP contribution in [0.15, 0.2) is 24.3 Å². The summed E-state index contributed by atoms with van der Waals surface area (Å²) in [5.41, 5.74) is -1.37. The van der Waals surface area contributed by atoms with Gasteiger partial charge >= 0.3 is 12.1 Å². The number of carbonyl (C=O) groups is 2. The molecule has 8 heteroatoms.